The molecule has 0 bridgehead atoms. The number of halogens is 1. The highest BCUT2D eigenvalue weighted by molar-refractivity contribution is 14.1. The summed E-state index contributed by atoms with van der Waals surface area (Å²) in [6.45, 7) is 3.40. The molecule has 0 aliphatic rings. The number of rotatable bonds is 1. The van der Waals surface area contributed by atoms with Gasteiger partial charge in [-0.1, -0.05) is 12.7 Å². The van der Waals surface area contributed by atoms with Crippen LogP contribution >= 0.6 is 22.9 Å². The summed E-state index contributed by atoms with van der Waals surface area (Å²) in [5.74, 6) is 0. The van der Waals surface area contributed by atoms with Gasteiger partial charge >= 0.3 is 0 Å². The highest BCUT2D eigenvalue weighted by Crippen LogP contribution is 1.75. The Balaban J connectivity index is 2.92. The van der Waals surface area contributed by atoms with Crippen molar-refractivity contribution < 1.29 is 0 Å². The molecule has 0 aromatic rings. The molecular weight excluding hydrogens is 177 g/mol. The third-order valence-electron chi connectivity index (χ3n) is 0.162. The van der Waals surface area contributed by atoms with Crippen LogP contribution in [0.2, 0.25) is 0 Å². The monoisotopic (exact) mass is 181 g/mol. The second-order valence-electron chi connectivity index (χ2n) is 0.482. The maximum Gasteiger partial charge on any atom is 0.0830 e. The summed E-state index contributed by atoms with van der Waals surface area (Å²) in [6.07, 6.45) is 3.26. The fourth-order valence-corrected chi connectivity index (χ4v) is 0.267. The Labute approximate surface area is 45.3 Å². The van der Waals surface area contributed by atoms with Crippen LogP contribution in [-0.2, 0) is 0 Å². The van der Waals surface area contributed by atoms with Crippen molar-refractivity contribution in [3.05, 3.63) is 12.7 Å². The summed E-state index contributed by atoms with van der Waals surface area (Å²) in [5, 5.41) is 0. The molecule has 28 valence electrons. The molecule has 0 aliphatic carbocycles. The van der Waals surface area contributed by atoms with Gasteiger partial charge in [-0.05, 0) is 0 Å². The maximum absolute atomic E-state index is 3.58. The minimum Gasteiger partial charge on any atom is -0.223 e. The lowest BCUT2D eigenvalue weighted by molar-refractivity contribution is 2.09. The lowest BCUT2D eigenvalue weighted by Gasteiger charge is -1.54. The maximum atomic E-state index is 3.58. The van der Waals surface area contributed by atoms with Crippen molar-refractivity contribution in [2.45, 2.75) is 0 Å². The first-order valence-electron chi connectivity index (χ1n) is 1.17. The van der Waals surface area contributed by atoms with Gasteiger partial charge in [0.25, 0.3) is 0 Å². The van der Waals surface area contributed by atoms with Gasteiger partial charge in [0.2, 0.25) is 0 Å². The largest absolute Gasteiger partial charge is 0.223 e. The van der Waals surface area contributed by atoms with E-state index in [9.17, 15) is 0 Å². The van der Waals surface area contributed by atoms with Crippen molar-refractivity contribution in [1.82, 2.24) is 0 Å². The highest BCUT2D eigenvalue weighted by Gasteiger charge is 1.44. The summed E-state index contributed by atoms with van der Waals surface area (Å²) in [4.78, 5) is 0. The van der Waals surface area contributed by atoms with Crippen LogP contribution in [0, 0.1) is 0 Å². The van der Waals surface area contributed by atoms with E-state index in [0.29, 0.717) is 0 Å². The predicted molar refractivity (Wildman–Crippen MR) is 32.7 cm³/mol. The Hall–Kier alpha value is 0.140. The topological polar surface area (TPSA) is 12.4 Å². The van der Waals surface area contributed by atoms with Crippen molar-refractivity contribution in [2.75, 3.05) is 0 Å². The minimum absolute atomic E-state index is 1.63. The molecule has 0 aromatic heterocycles. The normalized spacial score (nSPS) is 9.00. The van der Waals surface area contributed by atoms with E-state index in [2.05, 4.69) is 9.78 Å². The van der Waals surface area contributed by atoms with Crippen LogP contribution in [0.5, 0.6) is 0 Å². The van der Waals surface area contributed by atoms with Gasteiger partial charge in [0, 0.05) is 6.21 Å². The van der Waals surface area contributed by atoms with Crippen LogP contribution in [0.15, 0.2) is 15.9 Å². The molecule has 0 aliphatic heterocycles. The van der Waals surface area contributed by atoms with E-state index in [4.69, 9.17) is 0 Å². The van der Waals surface area contributed by atoms with Crippen LogP contribution < -0.4 is 0 Å². The quantitative estimate of drug-likeness (QED) is 0.430. The summed E-state index contributed by atoms with van der Waals surface area (Å²) in [6, 6.07) is 0. The summed E-state index contributed by atoms with van der Waals surface area (Å²) in [5.41, 5.74) is 0. The summed E-state index contributed by atoms with van der Waals surface area (Å²) >= 11 is 1.89. The van der Waals surface area contributed by atoms with E-state index in [1.54, 1.807) is 12.3 Å². The molecule has 0 spiro atoms. The van der Waals surface area contributed by atoms with Crippen LogP contribution in [0.3, 0.4) is 0 Å². The number of hydrogen-bond donors (Lipinski definition) is 0. The van der Waals surface area contributed by atoms with Gasteiger partial charge in [0.1, 0.15) is 0 Å². The molecule has 0 fully saturated rings. The Morgan fingerprint density at radius 3 is 2.40 bits per heavy atom. The minimum atomic E-state index is 1.63. The first-order valence-corrected chi connectivity index (χ1v) is 2.13. The molecule has 5 heavy (non-hydrogen) atoms. The van der Waals surface area contributed by atoms with E-state index >= 15 is 0 Å². The van der Waals surface area contributed by atoms with Crippen molar-refractivity contribution in [1.29, 1.82) is 0 Å². The Morgan fingerprint density at radius 1 is 1.80 bits per heavy atom. The molecule has 0 radical (unpaired) electrons. The molecular formula is C3H4IN. The van der Waals surface area contributed by atoms with Gasteiger partial charge < -0.3 is 0 Å². The van der Waals surface area contributed by atoms with Gasteiger partial charge in [-0.25, -0.2) is 3.21 Å². The molecule has 0 aromatic carbocycles. The first-order chi connectivity index (χ1) is 2.41. The Kier molecular flexibility index (Phi) is 4.26. The zero-order chi connectivity index (χ0) is 4.12. The second-order valence-corrected chi connectivity index (χ2v) is 1.04. The van der Waals surface area contributed by atoms with Gasteiger partial charge in [-0.2, -0.15) is 0 Å². The predicted octanol–water partition coefficient (Wildman–Crippen LogP) is 1.59. The average molecular weight is 181 g/mol. The summed E-state index contributed by atoms with van der Waals surface area (Å²) in [7, 11) is 0. The van der Waals surface area contributed by atoms with E-state index in [1.807, 2.05) is 22.9 Å². The van der Waals surface area contributed by atoms with Crippen molar-refractivity contribution >= 4 is 29.1 Å². The van der Waals surface area contributed by atoms with Crippen molar-refractivity contribution in [3.63, 3.8) is 0 Å². The third kappa shape index (κ3) is 4.14. The molecule has 0 saturated carbocycles. The Morgan fingerprint density at radius 2 is 2.40 bits per heavy atom. The molecule has 2 heteroatoms. The summed E-state index contributed by atoms with van der Waals surface area (Å²) < 4.78 is 3.58. The van der Waals surface area contributed by atoms with E-state index in [-0.39, 0.29) is 0 Å². The number of hydrogen-bond acceptors (Lipinski definition) is 1. The SMILES string of the molecule is C=C/C=N/I. The molecule has 0 N–H and O–H groups in total. The third-order valence-corrected chi connectivity index (χ3v) is 0.483. The van der Waals surface area contributed by atoms with Crippen LogP contribution in [0.1, 0.15) is 0 Å². The molecule has 0 heterocycles. The number of nitrogens with zero attached hydrogens (tertiary/aromatic N) is 1. The van der Waals surface area contributed by atoms with E-state index in [0.717, 1.165) is 0 Å². The molecule has 0 saturated heterocycles. The van der Waals surface area contributed by atoms with Crippen LogP contribution in [0.25, 0.3) is 0 Å². The standard InChI is InChI=1S/C3H4IN/c1-2-3-5-4/h2-3H,1H2/b5-3+. The number of allylic oxidation sites excluding steroid dienone is 1. The van der Waals surface area contributed by atoms with E-state index < -0.39 is 0 Å². The van der Waals surface area contributed by atoms with E-state index in [1.165, 1.54) is 0 Å². The zero-order valence-corrected chi connectivity index (χ0v) is 4.84. The molecule has 0 rings (SSSR count). The van der Waals surface area contributed by atoms with Gasteiger partial charge in [-0.3, -0.25) is 0 Å². The highest BCUT2D eigenvalue weighted by atomic mass is 127. The smallest absolute Gasteiger partial charge is 0.0830 e. The first kappa shape index (κ1) is 5.14. The Bertz CT molecular complexity index is 48.9. The van der Waals surface area contributed by atoms with Crippen LogP contribution in [-0.4, -0.2) is 6.21 Å². The van der Waals surface area contributed by atoms with Gasteiger partial charge in [0.05, 0.1) is 22.9 Å². The fraction of sp³-hybridized carbons (Fsp3) is 0. The lowest BCUT2D eigenvalue weighted by Crippen LogP contribution is -1.46. The molecule has 1 nitrogen and oxygen atoms in total. The second kappa shape index (κ2) is 4.14. The van der Waals surface area contributed by atoms with Gasteiger partial charge in [0.15, 0.2) is 0 Å². The van der Waals surface area contributed by atoms with Crippen molar-refractivity contribution in [3.8, 4) is 0 Å². The van der Waals surface area contributed by atoms with Crippen molar-refractivity contribution in [2.24, 2.45) is 3.21 Å². The fourth-order valence-electron chi connectivity index (χ4n) is 0.0398. The molecule has 0 atom stereocenters. The zero-order valence-electron chi connectivity index (χ0n) is 2.69. The average Bonchev–Trinajstić information content (AvgIpc) is 1.41. The molecule has 0 amide bonds. The van der Waals surface area contributed by atoms with Crippen LogP contribution in [0.4, 0.5) is 0 Å². The lowest BCUT2D eigenvalue weighted by atomic mass is 10.7. The van der Waals surface area contributed by atoms with Gasteiger partial charge in [-0.15, -0.1) is 0 Å². The molecule has 0 unspecified atom stereocenters.